The van der Waals surface area contributed by atoms with E-state index in [1.165, 1.54) is 0 Å². The number of benzene rings is 1. The summed E-state index contributed by atoms with van der Waals surface area (Å²) in [4.78, 5) is 19.7. The van der Waals surface area contributed by atoms with Crippen LogP contribution >= 0.6 is 0 Å². The molecule has 0 radical (unpaired) electrons. The molecule has 27 heavy (non-hydrogen) atoms. The third kappa shape index (κ3) is 3.52. The summed E-state index contributed by atoms with van der Waals surface area (Å²) >= 11 is 0. The summed E-state index contributed by atoms with van der Waals surface area (Å²) in [6.45, 7) is 0.518. The molecule has 0 atom stereocenters. The summed E-state index contributed by atoms with van der Waals surface area (Å²) in [6.07, 6.45) is 6.09. The number of fused-ring (bicyclic) bond motifs is 1. The number of methoxy groups -OCH3 is 1. The lowest BCUT2D eigenvalue weighted by atomic mass is 10.1. The van der Waals surface area contributed by atoms with Gasteiger partial charge in [-0.1, -0.05) is 0 Å². The van der Waals surface area contributed by atoms with Crippen molar-refractivity contribution in [2.24, 2.45) is 0 Å². The number of hydrogen-bond acceptors (Lipinski definition) is 4. The zero-order valence-corrected chi connectivity index (χ0v) is 14.8. The van der Waals surface area contributed by atoms with E-state index in [9.17, 15) is 4.79 Å². The van der Waals surface area contributed by atoms with Crippen molar-refractivity contribution in [2.45, 2.75) is 6.42 Å². The number of amides is 1. The molecule has 3 aromatic heterocycles. The standard InChI is InChI=1S/C20H19N5O2/c1-27-15-4-5-17-16(9-15)13(12-23-17)6-8-22-20(26)19-10-18(24-25-19)14-3-2-7-21-11-14/h2-5,7,9-12,23H,6,8H2,1H3,(H,22,26)(H,24,25). The maximum Gasteiger partial charge on any atom is 0.269 e. The van der Waals surface area contributed by atoms with Crippen LogP contribution in [0.1, 0.15) is 16.1 Å². The number of aromatic amines is 2. The van der Waals surface area contributed by atoms with Crippen molar-refractivity contribution >= 4 is 16.8 Å². The minimum atomic E-state index is -0.185. The van der Waals surface area contributed by atoms with Crippen LogP contribution < -0.4 is 10.1 Å². The molecule has 0 aliphatic rings. The minimum Gasteiger partial charge on any atom is -0.497 e. The molecule has 0 aliphatic heterocycles. The Morgan fingerprint density at radius 2 is 2.19 bits per heavy atom. The number of aromatic nitrogens is 4. The molecule has 7 nitrogen and oxygen atoms in total. The number of hydrogen-bond donors (Lipinski definition) is 3. The van der Waals surface area contributed by atoms with Crippen molar-refractivity contribution in [3.8, 4) is 17.0 Å². The molecular formula is C20H19N5O2. The molecule has 0 unspecified atom stereocenters. The first-order valence-electron chi connectivity index (χ1n) is 8.62. The van der Waals surface area contributed by atoms with E-state index in [0.717, 1.165) is 27.8 Å². The van der Waals surface area contributed by atoms with Gasteiger partial charge < -0.3 is 15.0 Å². The molecule has 0 aliphatic carbocycles. The first-order valence-corrected chi connectivity index (χ1v) is 8.62. The molecule has 0 saturated heterocycles. The summed E-state index contributed by atoms with van der Waals surface area (Å²) in [5.74, 6) is 0.628. The highest BCUT2D eigenvalue weighted by Crippen LogP contribution is 2.23. The van der Waals surface area contributed by atoms with Gasteiger partial charge in [-0.2, -0.15) is 5.10 Å². The van der Waals surface area contributed by atoms with Gasteiger partial charge in [-0.25, -0.2) is 0 Å². The predicted octanol–water partition coefficient (Wildman–Crippen LogP) is 2.93. The summed E-state index contributed by atoms with van der Waals surface area (Å²) in [5.41, 5.74) is 4.16. The van der Waals surface area contributed by atoms with Crippen molar-refractivity contribution < 1.29 is 9.53 Å². The van der Waals surface area contributed by atoms with Crippen LogP contribution in [0.4, 0.5) is 0 Å². The molecule has 3 N–H and O–H groups in total. The van der Waals surface area contributed by atoms with E-state index < -0.39 is 0 Å². The molecule has 0 saturated carbocycles. The smallest absolute Gasteiger partial charge is 0.269 e. The van der Waals surface area contributed by atoms with Gasteiger partial charge in [-0.15, -0.1) is 0 Å². The monoisotopic (exact) mass is 361 g/mol. The number of ether oxygens (including phenoxy) is 1. The van der Waals surface area contributed by atoms with Gasteiger partial charge in [0.25, 0.3) is 5.91 Å². The van der Waals surface area contributed by atoms with Crippen molar-refractivity contribution in [1.82, 2.24) is 25.5 Å². The topological polar surface area (TPSA) is 95.7 Å². The highest BCUT2D eigenvalue weighted by Gasteiger charge is 2.11. The first kappa shape index (κ1) is 16.8. The van der Waals surface area contributed by atoms with Crippen molar-refractivity contribution in [3.63, 3.8) is 0 Å². The zero-order chi connectivity index (χ0) is 18.6. The average Bonchev–Trinajstić information content (AvgIpc) is 3.36. The molecule has 4 aromatic rings. The van der Waals surface area contributed by atoms with Gasteiger partial charge in [0.15, 0.2) is 0 Å². The highest BCUT2D eigenvalue weighted by atomic mass is 16.5. The highest BCUT2D eigenvalue weighted by molar-refractivity contribution is 5.93. The summed E-state index contributed by atoms with van der Waals surface area (Å²) in [7, 11) is 1.65. The fraction of sp³-hybridized carbons (Fsp3) is 0.150. The second-order valence-corrected chi connectivity index (χ2v) is 6.14. The van der Waals surface area contributed by atoms with Crippen molar-refractivity contribution in [3.05, 3.63) is 66.2 Å². The van der Waals surface area contributed by atoms with E-state index in [2.05, 4.69) is 25.5 Å². The number of nitrogens with zero attached hydrogens (tertiary/aromatic N) is 2. The van der Waals surface area contributed by atoms with Gasteiger partial charge in [-0.3, -0.25) is 14.9 Å². The summed E-state index contributed by atoms with van der Waals surface area (Å²) in [6, 6.07) is 11.4. The Labute approximate surface area is 155 Å². The second-order valence-electron chi connectivity index (χ2n) is 6.14. The number of nitrogens with one attached hydrogen (secondary N) is 3. The minimum absolute atomic E-state index is 0.185. The number of carbonyl (C=O) groups is 1. The fourth-order valence-corrected chi connectivity index (χ4v) is 3.00. The van der Waals surface area contributed by atoms with Crippen LogP contribution in [0.25, 0.3) is 22.2 Å². The van der Waals surface area contributed by atoms with Gasteiger partial charge in [0.1, 0.15) is 11.4 Å². The molecule has 3 heterocycles. The van der Waals surface area contributed by atoms with E-state index in [1.807, 2.05) is 36.5 Å². The Morgan fingerprint density at radius 3 is 3.00 bits per heavy atom. The third-order valence-corrected chi connectivity index (χ3v) is 4.43. The molecule has 0 bridgehead atoms. The molecule has 0 fully saturated rings. The van der Waals surface area contributed by atoms with Crippen LogP contribution in [0.2, 0.25) is 0 Å². The predicted molar refractivity (Wildman–Crippen MR) is 103 cm³/mol. The van der Waals surface area contributed by atoms with Gasteiger partial charge in [0.05, 0.1) is 12.8 Å². The molecule has 7 heteroatoms. The van der Waals surface area contributed by atoms with E-state index in [0.29, 0.717) is 24.4 Å². The Morgan fingerprint density at radius 1 is 1.26 bits per heavy atom. The number of H-pyrrole nitrogens is 2. The molecular weight excluding hydrogens is 342 g/mol. The average molecular weight is 361 g/mol. The van der Waals surface area contributed by atoms with Gasteiger partial charge in [0, 0.05) is 41.6 Å². The van der Waals surface area contributed by atoms with Crippen LogP contribution in [0.15, 0.2) is 55.0 Å². The zero-order valence-electron chi connectivity index (χ0n) is 14.8. The fourth-order valence-electron chi connectivity index (χ4n) is 3.00. The van der Waals surface area contributed by atoms with Gasteiger partial charge in [0.2, 0.25) is 0 Å². The van der Waals surface area contributed by atoms with Gasteiger partial charge in [-0.05, 0) is 48.4 Å². The second kappa shape index (κ2) is 7.33. The largest absolute Gasteiger partial charge is 0.497 e. The summed E-state index contributed by atoms with van der Waals surface area (Å²) in [5, 5.41) is 11.0. The van der Waals surface area contributed by atoms with E-state index in [-0.39, 0.29) is 5.91 Å². The number of pyridine rings is 1. The SMILES string of the molecule is COc1ccc2[nH]cc(CCNC(=O)c3cc(-c4cccnc4)n[nH]3)c2c1. The molecule has 136 valence electrons. The maximum atomic E-state index is 12.4. The normalized spacial score (nSPS) is 10.9. The molecule has 1 aromatic carbocycles. The number of carbonyl (C=O) groups excluding carboxylic acids is 1. The van der Waals surface area contributed by atoms with Gasteiger partial charge >= 0.3 is 0 Å². The Bertz CT molecular complexity index is 1070. The lowest BCUT2D eigenvalue weighted by Gasteiger charge is -2.04. The lowest BCUT2D eigenvalue weighted by Crippen LogP contribution is -2.25. The number of rotatable bonds is 6. The molecule has 0 spiro atoms. The first-order chi connectivity index (χ1) is 13.2. The van der Waals surface area contributed by atoms with E-state index >= 15 is 0 Å². The summed E-state index contributed by atoms with van der Waals surface area (Å²) < 4.78 is 5.29. The van der Waals surface area contributed by atoms with Crippen molar-refractivity contribution in [1.29, 1.82) is 0 Å². The van der Waals surface area contributed by atoms with Crippen molar-refractivity contribution in [2.75, 3.05) is 13.7 Å². The quantitative estimate of drug-likeness (QED) is 0.492. The van der Waals surface area contributed by atoms with E-state index in [1.54, 1.807) is 25.6 Å². The van der Waals surface area contributed by atoms with Crippen LogP contribution in [-0.4, -0.2) is 39.7 Å². The lowest BCUT2D eigenvalue weighted by molar-refractivity contribution is 0.0949. The van der Waals surface area contributed by atoms with Crippen LogP contribution in [0.5, 0.6) is 5.75 Å². The third-order valence-electron chi connectivity index (χ3n) is 4.43. The van der Waals surface area contributed by atoms with Crippen LogP contribution in [0, 0.1) is 0 Å². The molecule has 1 amide bonds. The Balaban J connectivity index is 1.40. The Kier molecular flexibility index (Phi) is 4.57. The van der Waals surface area contributed by atoms with Crippen LogP contribution in [0.3, 0.4) is 0 Å². The maximum absolute atomic E-state index is 12.4. The molecule has 4 rings (SSSR count). The Hall–Kier alpha value is -3.61. The van der Waals surface area contributed by atoms with Crippen LogP contribution in [-0.2, 0) is 6.42 Å². The van der Waals surface area contributed by atoms with E-state index in [4.69, 9.17) is 4.74 Å².